The van der Waals surface area contributed by atoms with Crippen LogP contribution in [-0.2, 0) is 6.54 Å². The number of nitrogens with one attached hydrogen (secondary N) is 1. The van der Waals surface area contributed by atoms with Crippen molar-refractivity contribution in [3.05, 3.63) is 76.1 Å². The number of hydrogen-bond donors (Lipinski definition) is 1. The van der Waals surface area contributed by atoms with Gasteiger partial charge in [0.1, 0.15) is 11.5 Å². The molecular weight excluding hydrogens is 428 g/mol. The van der Waals surface area contributed by atoms with Crippen LogP contribution in [0.5, 0.6) is 11.5 Å². The first-order chi connectivity index (χ1) is 15.4. The minimum Gasteiger partial charge on any atom is -0.495 e. The van der Waals surface area contributed by atoms with Crippen LogP contribution >= 0.6 is 11.6 Å². The maximum absolute atomic E-state index is 13.2. The second-order valence-electron chi connectivity index (χ2n) is 7.48. The number of amides is 1. The zero-order valence-electron chi connectivity index (χ0n) is 18.3. The van der Waals surface area contributed by atoms with Crippen LogP contribution in [0.4, 0.5) is 5.69 Å². The van der Waals surface area contributed by atoms with Crippen LogP contribution in [0.25, 0.3) is 11.0 Å². The Morgan fingerprint density at radius 1 is 1.06 bits per heavy atom. The highest BCUT2D eigenvalue weighted by molar-refractivity contribution is 6.32. The summed E-state index contributed by atoms with van der Waals surface area (Å²) in [5.74, 6) is 0.590. The van der Waals surface area contributed by atoms with Crippen molar-refractivity contribution in [1.82, 2.24) is 14.8 Å². The van der Waals surface area contributed by atoms with E-state index in [-0.39, 0.29) is 5.91 Å². The van der Waals surface area contributed by atoms with Gasteiger partial charge in [-0.25, -0.2) is 9.67 Å². The number of nitrogens with zero attached hydrogens (tertiary/aromatic N) is 3. The van der Waals surface area contributed by atoms with Crippen LogP contribution in [0.1, 0.15) is 27.2 Å². The minimum atomic E-state index is -0.310. The van der Waals surface area contributed by atoms with Gasteiger partial charge in [-0.15, -0.1) is 0 Å². The summed E-state index contributed by atoms with van der Waals surface area (Å²) >= 11 is 6.24. The second-order valence-corrected chi connectivity index (χ2v) is 7.88. The number of aromatic nitrogens is 3. The molecule has 0 unspecified atom stereocenters. The normalized spacial score (nSPS) is 10.9. The number of carbonyl (C=O) groups is 1. The summed E-state index contributed by atoms with van der Waals surface area (Å²) < 4.78 is 12.4. The van der Waals surface area contributed by atoms with E-state index in [0.29, 0.717) is 51.0 Å². The predicted molar refractivity (Wildman–Crippen MR) is 125 cm³/mol. The Kier molecular flexibility index (Phi) is 6.01. The lowest BCUT2D eigenvalue weighted by molar-refractivity contribution is 0.102. The molecule has 1 amide bonds. The number of pyridine rings is 1. The standard InChI is InChI=1S/C24H23ClN4O3/c1-14-5-7-16(8-6-14)13-29-23-18(12-26-29)17(9-15(2)27-23)24(30)28-20-10-19(25)21(31-3)11-22(20)32-4/h5-12H,13H2,1-4H3,(H,28,30). The topological polar surface area (TPSA) is 78.3 Å². The summed E-state index contributed by atoms with van der Waals surface area (Å²) in [6, 6.07) is 13.2. The molecule has 0 saturated heterocycles. The molecule has 0 saturated carbocycles. The molecule has 0 fully saturated rings. The first kappa shape index (κ1) is 21.6. The number of benzene rings is 2. The van der Waals surface area contributed by atoms with E-state index in [1.165, 1.54) is 19.8 Å². The number of anilines is 1. The van der Waals surface area contributed by atoms with Gasteiger partial charge in [-0.05, 0) is 31.5 Å². The molecular formula is C24H23ClN4O3. The Balaban J connectivity index is 1.69. The maximum atomic E-state index is 13.2. The Morgan fingerprint density at radius 2 is 1.78 bits per heavy atom. The first-order valence-electron chi connectivity index (χ1n) is 10.0. The lowest BCUT2D eigenvalue weighted by atomic mass is 10.1. The predicted octanol–water partition coefficient (Wildman–Crippen LogP) is 5.02. The van der Waals surface area contributed by atoms with Crippen molar-refractivity contribution < 1.29 is 14.3 Å². The highest BCUT2D eigenvalue weighted by Crippen LogP contribution is 2.36. The fraction of sp³-hybridized carbons (Fsp3) is 0.208. The van der Waals surface area contributed by atoms with Crippen molar-refractivity contribution in [3.8, 4) is 11.5 Å². The molecule has 2 heterocycles. The monoisotopic (exact) mass is 450 g/mol. The van der Waals surface area contributed by atoms with Gasteiger partial charge in [-0.3, -0.25) is 4.79 Å². The summed E-state index contributed by atoms with van der Waals surface area (Å²) in [5, 5.41) is 8.40. The van der Waals surface area contributed by atoms with E-state index in [9.17, 15) is 4.79 Å². The van der Waals surface area contributed by atoms with E-state index in [2.05, 4.69) is 39.7 Å². The molecule has 4 aromatic rings. The van der Waals surface area contributed by atoms with Crippen LogP contribution < -0.4 is 14.8 Å². The van der Waals surface area contributed by atoms with E-state index >= 15 is 0 Å². The zero-order chi connectivity index (χ0) is 22.8. The number of halogens is 1. The molecule has 1 N–H and O–H groups in total. The van der Waals surface area contributed by atoms with Gasteiger partial charge in [-0.2, -0.15) is 5.10 Å². The van der Waals surface area contributed by atoms with Gasteiger partial charge in [0.2, 0.25) is 0 Å². The highest BCUT2D eigenvalue weighted by atomic mass is 35.5. The SMILES string of the molecule is COc1cc(OC)c(NC(=O)c2cc(C)nc3c2cnn3Cc2ccc(C)cc2)cc1Cl. The van der Waals surface area contributed by atoms with Crippen LogP contribution in [-0.4, -0.2) is 34.9 Å². The third kappa shape index (κ3) is 4.24. The molecule has 0 aliphatic carbocycles. The van der Waals surface area contributed by atoms with E-state index in [1.807, 2.05) is 13.8 Å². The van der Waals surface area contributed by atoms with Gasteiger partial charge in [0.05, 0.1) is 48.6 Å². The molecule has 0 aliphatic rings. The Hall–Kier alpha value is -3.58. The van der Waals surface area contributed by atoms with Crippen LogP contribution in [0.15, 0.2) is 48.7 Å². The van der Waals surface area contributed by atoms with E-state index in [0.717, 1.165) is 5.56 Å². The molecule has 0 aliphatic heterocycles. The molecule has 2 aromatic heterocycles. The molecule has 0 atom stereocenters. The van der Waals surface area contributed by atoms with E-state index < -0.39 is 0 Å². The number of aryl methyl sites for hydroxylation is 2. The average Bonchev–Trinajstić information content (AvgIpc) is 3.17. The van der Waals surface area contributed by atoms with Crippen molar-refractivity contribution in [2.24, 2.45) is 0 Å². The van der Waals surface area contributed by atoms with Crippen molar-refractivity contribution >= 4 is 34.2 Å². The molecule has 7 nitrogen and oxygen atoms in total. The molecule has 164 valence electrons. The Bertz CT molecular complexity index is 1300. The fourth-order valence-corrected chi connectivity index (χ4v) is 3.73. The van der Waals surface area contributed by atoms with E-state index in [4.69, 9.17) is 21.1 Å². The molecule has 0 bridgehead atoms. The minimum absolute atomic E-state index is 0.310. The first-order valence-corrected chi connectivity index (χ1v) is 10.4. The van der Waals surface area contributed by atoms with Gasteiger partial charge in [-0.1, -0.05) is 41.4 Å². The average molecular weight is 451 g/mol. The Labute approximate surface area is 190 Å². The third-order valence-corrected chi connectivity index (χ3v) is 5.45. The van der Waals surface area contributed by atoms with Crippen molar-refractivity contribution in [1.29, 1.82) is 0 Å². The summed E-state index contributed by atoms with van der Waals surface area (Å²) in [5.41, 5.74) is 4.58. The zero-order valence-corrected chi connectivity index (χ0v) is 19.0. The number of hydrogen-bond acceptors (Lipinski definition) is 5. The molecule has 4 rings (SSSR count). The number of fused-ring (bicyclic) bond motifs is 1. The largest absolute Gasteiger partial charge is 0.495 e. The maximum Gasteiger partial charge on any atom is 0.256 e. The summed E-state index contributed by atoms with van der Waals surface area (Å²) in [6.07, 6.45) is 1.67. The lowest BCUT2D eigenvalue weighted by Crippen LogP contribution is -2.14. The molecule has 32 heavy (non-hydrogen) atoms. The van der Waals surface area contributed by atoms with Crippen LogP contribution in [0, 0.1) is 13.8 Å². The van der Waals surface area contributed by atoms with Gasteiger partial charge in [0, 0.05) is 11.8 Å². The molecule has 0 radical (unpaired) electrons. The number of methoxy groups -OCH3 is 2. The smallest absolute Gasteiger partial charge is 0.256 e. The molecule has 2 aromatic carbocycles. The van der Waals surface area contributed by atoms with Crippen molar-refractivity contribution in [2.75, 3.05) is 19.5 Å². The van der Waals surface area contributed by atoms with Gasteiger partial charge < -0.3 is 14.8 Å². The number of carbonyl (C=O) groups excluding carboxylic acids is 1. The lowest BCUT2D eigenvalue weighted by Gasteiger charge is -2.13. The van der Waals surface area contributed by atoms with Gasteiger partial charge in [0.25, 0.3) is 5.91 Å². The summed E-state index contributed by atoms with van der Waals surface area (Å²) in [7, 11) is 3.03. The third-order valence-electron chi connectivity index (χ3n) is 5.16. The van der Waals surface area contributed by atoms with Gasteiger partial charge in [0.15, 0.2) is 5.65 Å². The molecule has 0 spiro atoms. The molecule has 8 heteroatoms. The van der Waals surface area contributed by atoms with Crippen LogP contribution in [0.2, 0.25) is 5.02 Å². The van der Waals surface area contributed by atoms with Crippen molar-refractivity contribution in [3.63, 3.8) is 0 Å². The fourth-order valence-electron chi connectivity index (χ4n) is 3.49. The van der Waals surface area contributed by atoms with Crippen molar-refractivity contribution in [2.45, 2.75) is 20.4 Å². The van der Waals surface area contributed by atoms with Gasteiger partial charge >= 0.3 is 0 Å². The number of ether oxygens (including phenoxy) is 2. The quantitative estimate of drug-likeness (QED) is 0.446. The summed E-state index contributed by atoms with van der Waals surface area (Å²) in [4.78, 5) is 17.8. The van der Waals surface area contributed by atoms with E-state index in [1.54, 1.807) is 29.1 Å². The Morgan fingerprint density at radius 3 is 2.47 bits per heavy atom. The number of rotatable bonds is 6. The van der Waals surface area contributed by atoms with Crippen LogP contribution in [0.3, 0.4) is 0 Å². The second kappa shape index (κ2) is 8.88. The summed E-state index contributed by atoms with van der Waals surface area (Å²) in [6.45, 7) is 4.46. The highest BCUT2D eigenvalue weighted by Gasteiger charge is 2.19.